The summed E-state index contributed by atoms with van der Waals surface area (Å²) in [4.78, 5) is 24.0. The maximum absolute atomic E-state index is 12.1. The average Bonchev–Trinajstić information content (AvgIpc) is 3.08. The zero-order valence-electron chi connectivity index (χ0n) is 14.8. The van der Waals surface area contributed by atoms with Gasteiger partial charge < -0.3 is 14.5 Å². The number of ether oxygens (including phenoxy) is 1. The number of hydrogen-bond acceptors (Lipinski definition) is 5. The van der Waals surface area contributed by atoms with Crippen LogP contribution in [0, 0.1) is 11.3 Å². The largest absolute Gasteiger partial charge is 0.464 e. The third kappa shape index (κ3) is 4.33. The molecule has 0 atom stereocenters. The van der Waals surface area contributed by atoms with Crippen LogP contribution in [-0.2, 0) is 27.2 Å². The van der Waals surface area contributed by atoms with Crippen molar-refractivity contribution in [3.05, 3.63) is 65.4 Å². The van der Waals surface area contributed by atoms with Crippen molar-refractivity contribution in [2.45, 2.75) is 19.8 Å². The van der Waals surface area contributed by atoms with Gasteiger partial charge in [0.1, 0.15) is 11.7 Å². The first-order chi connectivity index (χ1) is 13.1. The highest BCUT2D eigenvalue weighted by Crippen LogP contribution is 2.23. The van der Waals surface area contributed by atoms with Crippen LogP contribution >= 0.6 is 0 Å². The molecule has 1 amide bonds. The predicted octanol–water partition coefficient (Wildman–Crippen LogP) is 3.59. The normalized spacial score (nSPS) is 10.4. The number of fused-ring (bicyclic) bond motifs is 1. The van der Waals surface area contributed by atoms with Gasteiger partial charge in [-0.2, -0.15) is 5.26 Å². The number of carbonyl (C=O) groups is 2. The van der Waals surface area contributed by atoms with Crippen LogP contribution in [0.2, 0.25) is 0 Å². The van der Waals surface area contributed by atoms with Crippen molar-refractivity contribution >= 4 is 28.5 Å². The Balaban J connectivity index is 1.57. The van der Waals surface area contributed by atoms with E-state index in [-0.39, 0.29) is 6.42 Å². The summed E-state index contributed by atoms with van der Waals surface area (Å²) >= 11 is 0. The van der Waals surface area contributed by atoms with Crippen LogP contribution in [0.25, 0.3) is 11.0 Å². The molecule has 1 aromatic heterocycles. The van der Waals surface area contributed by atoms with Gasteiger partial charge in [0, 0.05) is 10.9 Å². The summed E-state index contributed by atoms with van der Waals surface area (Å²) in [6, 6.07) is 14.5. The van der Waals surface area contributed by atoms with Gasteiger partial charge in [0.15, 0.2) is 6.61 Å². The Morgan fingerprint density at radius 3 is 2.81 bits per heavy atom. The van der Waals surface area contributed by atoms with Crippen molar-refractivity contribution in [1.29, 1.82) is 5.26 Å². The molecule has 0 fully saturated rings. The van der Waals surface area contributed by atoms with Crippen molar-refractivity contribution in [2.24, 2.45) is 0 Å². The van der Waals surface area contributed by atoms with Crippen molar-refractivity contribution in [3.63, 3.8) is 0 Å². The van der Waals surface area contributed by atoms with E-state index >= 15 is 0 Å². The summed E-state index contributed by atoms with van der Waals surface area (Å²) in [5.74, 6) is -1.03. The number of nitrogens with zero attached hydrogens (tertiary/aromatic N) is 1. The number of nitrogens with one attached hydrogen (secondary N) is 1. The number of amides is 1. The molecule has 27 heavy (non-hydrogen) atoms. The molecule has 3 rings (SSSR count). The molecule has 0 radical (unpaired) electrons. The number of esters is 1. The molecule has 3 aromatic rings. The third-order valence-electron chi connectivity index (χ3n) is 4.15. The number of hydrogen-bond donors (Lipinski definition) is 1. The van der Waals surface area contributed by atoms with Gasteiger partial charge in [-0.25, -0.2) is 0 Å². The van der Waals surface area contributed by atoms with Crippen LogP contribution in [0.3, 0.4) is 0 Å². The number of anilines is 1. The Morgan fingerprint density at radius 1 is 1.22 bits per heavy atom. The SMILES string of the molecule is CCc1ccc2c(CC(=O)OCC(=O)Nc3ccccc3C#N)coc2c1. The molecule has 0 aliphatic carbocycles. The van der Waals surface area contributed by atoms with E-state index in [0.29, 0.717) is 16.8 Å². The molecule has 136 valence electrons. The highest BCUT2D eigenvalue weighted by atomic mass is 16.5. The standard InChI is InChI=1S/C21H18N2O4/c1-2-14-7-8-17-16(12-26-19(17)9-14)10-21(25)27-13-20(24)23-18-6-4-3-5-15(18)11-22/h3-9,12H,2,10,13H2,1H3,(H,23,24). The first-order valence-electron chi connectivity index (χ1n) is 8.54. The molecule has 1 heterocycles. The van der Waals surface area contributed by atoms with Crippen LogP contribution in [0.1, 0.15) is 23.6 Å². The third-order valence-corrected chi connectivity index (χ3v) is 4.15. The number of nitriles is 1. The number of carbonyl (C=O) groups excluding carboxylic acids is 2. The van der Waals surface area contributed by atoms with Gasteiger partial charge >= 0.3 is 5.97 Å². The van der Waals surface area contributed by atoms with Crippen LogP contribution in [0.5, 0.6) is 0 Å². The molecule has 6 heteroatoms. The van der Waals surface area contributed by atoms with Gasteiger partial charge in [0.05, 0.1) is 23.9 Å². The van der Waals surface area contributed by atoms with E-state index in [0.717, 1.165) is 23.0 Å². The molecule has 2 aromatic carbocycles. The van der Waals surface area contributed by atoms with Crippen molar-refractivity contribution in [1.82, 2.24) is 0 Å². The fourth-order valence-electron chi connectivity index (χ4n) is 2.71. The average molecular weight is 362 g/mol. The molecule has 0 saturated carbocycles. The molecule has 0 aliphatic rings. The lowest BCUT2D eigenvalue weighted by Gasteiger charge is -2.07. The summed E-state index contributed by atoms with van der Waals surface area (Å²) in [5, 5.41) is 12.4. The van der Waals surface area contributed by atoms with Crippen molar-refractivity contribution in [3.8, 4) is 6.07 Å². The Hall–Kier alpha value is -3.59. The van der Waals surface area contributed by atoms with Gasteiger partial charge in [-0.15, -0.1) is 0 Å². The maximum Gasteiger partial charge on any atom is 0.310 e. The van der Waals surface area contributed by atoms with Crippen LogP contribution in [0.4, 0.5) is 5.69 Å². The molecular formula is C21H18N2O4. The number of furan rings is 1. The van der Waals surface area contributed by atoms with Crippen molar-refractivity contribution < 1.29 is 18.7 Å². The molecule has 1 N–H and O–H groups in total. The fourth-order valence-corrected chi connectivity index (χ4v) is 2.71. The Bertz CT molecular complexity index is 1030. The van der Waals surface area contributed by atoms with E-state index in [1.165, 1.54) is 6.26 Å². The molecule has 0 spiro atoms. The summed E-state index contributed by atoms with van der Waals surface area (Å²) in [5.41, 5.74) is 3.32. The minimum Gasteiger partial charge on any atom is -0.464 e. The monoisotopic (exact) mass is 362 g/mol. The lowest BCUT2D eigenvalue weighted by molar-refractivity contribution is -0.146. The minimum absolute atomic E-state index is 0.0144. The number of benzene rings is 2. The number of para-hydroxylation sites is 1. The van der Waals surface area contributed by atoms with Crippen LogP contribution in [-0.4, -0.2) is 18.5 Å². The molecular weight excluding hydrogens is 344 g/mol. The van der Waals surface area contributed by atoms with E-state index in [1.807, 2.05) is 24.3 Å². The highest BCUT2D eigenvalue weighted by molar-refractivity contribution is 5.94. The van der Waals surface area contributed by atoms with E-state index < -0.39 is 18.5 Å². The summed E-state index contributed by atoms with van der Waals surface area (Å²) < 4.78 is 10.5. The van der Waals surface area contributed by atoms with Crippen LogP contribution in [0.15, 0.2) is 53.1 Å². The highest BCUT2D eigenvalue weighted by Gasteiger charge is 2.14. The molecule has 0 unspecified atom stereocenters. The lowest BCUT2D eigenvalue weighted by Crippen LogP contribution is -2.22. The summed E-state index contributed by atoms with van der Waals surface area (Å²) in [6.07, 6.45) is 2.45. The van der Waals surface area contributed by atoms with Gasteiger partial charge in [-0.1, -0.05) is 31.2 Å². The molecule has 6 nitrogen and oxygen atoms in total. The topological polar surface area (TPSA) is 92.3 Å². The van der Waals surface area contributed by atoms with Gasteiger partial charge in [-0.3, -0.25) is 9.59 Å². The molecule has 0 saturated heterocycles. The minimum atomic E-state index is -0.527. The fraction of sp³-hybridized carbons (Fsp3) is 0.190. The zero-order chi connectivity index (χ0) is 19.2. The lowest BCUT2D eigenvalue weighted by atomic mass is 10.1. The van der Waals surface area contributed by atoms with Gasteiger partial charge in [0.2, 0.25) is 0 Å². The second-order valence-corrected chi connectivity index (χ2v) is 5.99. The second kappa shape index (κ2) is 8.19. The first kappa shape index (κ1) is 18.2. The van der Waals surface area contributed by atoms with Crippen LogP contribution < -0.4 is 5.32 Å². The summed E-state index contributed by atoms with van der Waals surface area (Å²) in [6.45, 7) is 1.64. The summed E-state index contributed by atoms with van der Waals surface area (Å²) in [7, 11) is 0. The number of rotatable bonds is 6. The zero-order valence-corrected chi connectivity index (χ0v) is 14.8. The van der Waals surface area contributed by atoms with E-state index in [2.05, 4.69) is 12.2 Å². The molecule has 0 bridgehead atoms. The molecule has 0 aliphatic heterocycles. The quantitative estimate of drug-likeness (QED) is 0.677. The maximum atomic E-state index is 12.1. The van der Waals surface area contributed by atoms with E-state index in [9.17, 15) is 9.59 Å². The van der Waals surface area contributed by atoms with E-state index in [1.54, 1.807) is 24.3 Å². The predicted molar refractivity (Wildman–Crippen MR) is 100 cm³/mol. The van der Waals surface area contributed by atoms with Gasteiger partial charge in [0.25, 0.3) is 5.91 Å². The Kier molecular flexibility index (Phi) is 5.53. The van der Waals surface area contributed by atoms with Crippen molar-refractivity contribution in [2.75, 3.05) is 11.9 Å². The Labute approximate surface area is 156 Å². The number of aryl methyl sites for hydroxylation is 1. The van der Waals surface area contributed by atoms with Gasteiger partial charge in [-0.05, 0) is 30.2 Å². The Morgan fingerprint density at radius 2 is 2.04 bits per heavy atom. The smallest absolute Gasteiger partial charge is 0.310 e. The first-order valence-corrected chi connectivity index (χ1v) is 8.54. The second-order valence-electron chi connectivity index (χ2n) is 5.99. The van der Waals surface area contributed by atoms with E-state index in [4.69, 9.17) is 14.4 Å².